The molecule has 0 aliphatic rings. The molecular formula is C15H19N3O. The van der Waals surface area contributed by atoms with Gasteiger partial charge in [-0.1, -0.05) is 6.92 Å². The number of ether oxygens (including phenoxy) is 1. The first-order valence-corrected chi connectivity index (χ1v) is 6.46. The Labute approximate surface area is 113 Å². The quantitative estimate of drug-likeness (QED) is 0.894. The molecule has 1 unspecified atom stereocenters. The lowest BCUT2D eigenvalue weighted by molar-refractivity contribution is 0.415. The minimum atomic E-state index is 0.221. The van der Waals surface area contributed by atoms with Crippen LogP contribution in [-0.2, 0) is 0 Å². The molecule has 1 aromatic heterocycles. The van der Waals surface area contributed by atoms with Crippen molar-refractivity contribution in [3.05, 3.63) is 42.4 Å². The van der Waals surface area contributed by atoms with Gasteiger partial charge < -0.3 is 10.5 Å². The third-order valence-corrected chi connectivity index (χ3v) is 3.20. The molecule has 4 heteroatoms. The summed E-state index contributed by atoms with van der Waals surface area (Å²) in [6.07, 6.45) is 2.74. The lowest BCUT2D eigenvalue weighted by atomic mass is 10.1. The highest BCUT2D eigenvalue weighted by atomic mass is 16.5. The number of hydrogen-bond donors (Lipinski definition) is 1. The Hall–Kier alpha value is -1.94. The average molecular weight is 257 g/mol. The van der Waals surface area contributed by atoms with Crippen molar-refractivity contribution in [1.82, 2.24) is 9.97 Å². The van der Waals surface area contributed by atoms with Gasteiger partial charge in [0, 0.05) is 24.2 Å². The highest BCUT2D eigenvalue weighted by Crippen LogP contribution is 2.22. The Kier molecular flexibility index (Phi) is 4.47. The van der Waals surface area contributed by atoms with Crippen molar-refractivity contribution in [1.29, 1.82) is 0 Å². The summed E-state index contributed by atoms with van der Waals surface area (Å²) in [6, 6.07) is 9.76. The molecule has 0 radical (unpaired) electrons. The number of benzene rings is 1. The van der Waals surface area contributed by atoms with E-state index >= 15 is 0 Å². The van der Waals surface area contributed by atoms with Crippen LogP contribution in [-0.4, -0.2) is 23.6 Å². The fraction of sp³-hybridized carbons (Fsp3) is 0.333. The fourth-order valence-electron chi connectivity index (χ4n) is 1.95. The van der Waals surface area contributed by atoms with Crippen LogP contribution in [0.25, 0.3) is 11.3 Å². The molecule has 2 aromatic rings. The van der Waals surface area contributed by atoms with Gasteiger partial charge in [0.2, 0.25) is 0 Å². The van der Waals surface area contributed by atoms with Crippen molar-refractivity contribution >= 4 is 0 Å². The standard InChI is InChI=1S/C15H19N3O/c1-3-11(10-16)15-17-9-8-14(18-15)12-4-6-13(19-2)7-5-12/h4-9,11H,3,10,16H2,1-2H3. The second kappa shape index (κ2) is 6.29. The Morgan fingerprint density at radius 2 is 1.95 bits per heavy atom. The van der Waals surface area contributed by atoms with Crippen molar-refractivity contribution in [3.8, 4) is 17.0 Å². The molecule has 0 bridgehead atoms. The molecule has 0 saturated heterocycles. The van der Waals surface area contributed by atoms with Crippen LogP contribution in [0.1, 0.15) is 25.1 Å². The van der Waals surface area contributed by atoms with E-state index < -0.39 is 0 Å². The molecule has 1 heterocycles. The number of nitrogens with zero attached hydrogens (tertiary/aromatic N) is 2. The second-order valence-electron chi connectivity index (χ2n) is 4.37. The molecule has 0 aliphatic carbocycles. The summed E-state index contributed by atoms with van der Waals surface area (Å²) < 4.78 is 5.15. The summed E-state index contributed by atoms with van der Waals surface area (Å²) in [5.74, 6) is 1.88. The summed E-state index contributed by atoms with van der Waals surface area (Å²) >= 11 is 0. The van der Waals surface area contributed by atoms with E-state index in [-0.39, 0.29) is 5.92 Å². The monoisotopic (exact) mass is 257 g/mol. The normalized spacial score (nSPS) is 12.2. The Bertz CT molecular complexity index is 521. The van der Waals surface area contributed by atoms with E-state index in [4.69, 9.17) is 10.5 Å². The van der Waals surface area contributed by atoms with Gasteiger partial charge in [0.1, 0.15) is 11.6 Å². The number of rotatable bonds is 5. The van der Waals surface area contributed by atoms with Gasteiger partial charge in [-0.05, 0) is 36.8 Å². The van der Waals surface area contributed by atoms with Crippen LogP contribution >= 0.6 is 0 Å². The van der Waals surface area contributed by atoms with Crippen molar-refractivity contribution in [3.63, 3.8) is 0 Å². The predicted octanol–water partition coefficient (Wildman–Crippen LogP) is 2.60. The highest BCUT2D eigenvalue weighted by molar-refractivity contribution is 5.59. The minimum Gasteiger partial charge on any atom is -0.497 e. The van der Waals surface area contributed by atoms with Crippen molar-refractivity contribution in [2.45, 2.75) is 19.3 Å². The Morgan fingerprint density at radius 1 is 1.21 bits per heavy atom. The van der Waals surface area contributed by atoms with Gasteiger partial charge in [-0.2, -0.15) is 0 Å². The highest BCUT2D eigenvalue weighted by Gasteiger charge is 2.11. The SMILES string of the molecule is CCC(CN)c1nccc(-c2ccc(OC)cc2)n1. The van der Waals surface area contributed by atoms with Gasteiger partial charge in [-0.15, -0.1) is 0 Å². The van der Waals surface area contributed by atoms with Crippen molar-refractivity contribution in [2.24, 2.45) is 5.73 Å². The lowest BCUT2D eigenvalue weighted by Crippen LogP contribution is -2.14. The summed E-state index contributed by atoms with van der Waals surface area (Å²) in [5, 5.41) is 0. The van der Waals surface area contributed by atoms with Crippen LogP contribution in [0.4, 0.5) is 0 Å². The molecule has 1 atom stereocenters. The van der Waals surface area contributed by atoms with Gasteiger partial charge >= 0.3 is 0 Å². The summed E-state index contributed by atoms with van der Waals surface area (Å²) in [6.45, 7) is 2.67. The van der Waals surface area contributed by atoms with E-state index in [0.717, 1.165) is 29.3 Å². The first kappa shape index (κ1) is 13.5. The van der Waals surface area contributed by atoms with Gasteiger partial charge in [0.25, 0.3) is 0 Å². The maximum atomic E-state index is 5.75. The fourth-order valence-corrected chi connectivity index (χ4v) is 1.95. The van der Waals surface area contributed by atoms with Gasteiger partial charge in [0.15, 0.2) is 0 Å². The number of nitrogens with two attached hydrogens (primary N) is 1. The maximum Gasteiger partial charge on any atom is 0.133 e. The smallest absolute Gasteiger partial charge is 0.133 e. The molecule has 2 rings (SSSR count). The van der Waals surface area contributed by atoms with E-state index in [1.807, 2.05) is 30.3 Å². The zero-order valence-corrected chi connectivity index (χ0v) is 11.3. The van der Waals surface area contributed by atoms with E-state index in [9.17, 15) is 0 Å². The van der Waals surface area contributed by atoms with Crippen LogP contribution in [0, 0.1) is 0 Å². The number of methoxy groups -OCH3 is 1. The largest absolute Gasteiger partial charge is 0.497 e. The molecule has 100 valence electrons. The van der Waals surface area contributed by atoms with Crippen LogP contribution < -0.4 is 10.5 Å². The summed E-state index contributed by atoms with van der Waals surface area (Å²) in [7, 11) is 1.66. The maximum absolute atomic E-state index is 5.75. The van der Waals surface area contributed by atoms with Gasteiger partial charge in [-0.3, -0.25) is 0 Å². The topological polar surface area (TPSA) is 61.0 Å². The summed E-state index contributed by atoms with van der Waals surface area (Å²) in [5.41, 5.74) is 7.71. The Balaban J connectivity index is 2.31. The van der Waals surface area contributed by atoms with Crippen LogP contribution in [0.2, 0.25) is 0 Å². The van der Waals surface area contributed by atoms with Gasteiger partial charge in [0.05, 0.1) is 12.8 Å². The zero-order valence-electron chi connectivity index (χ0n) is 11.3. The zero-order chi connectivity index (χ0) is 13.7. The Morgan fingerprint density at radius 3 is 2.53 bits per heavy atom. The third-order valence-electron chi connectivity index (χ3n) is 3.20. The molecule has 19 heavy (non-hydrogen) atoms. The van der Waals surface area contributed by atoms with Crippen molar-refractivity contribution < 1.29 is 4.74 Å². The van der Waals surface area contributed by atoms with E-state index in [1.54, 1.807) is 13.3 Å². The number of aromatic nitrogens is 2. The number of hydrogen-bond acceptors (Lipinski definition) is 4. The molecule has 0 saturated carbocycles. The minimum absolute atomic E-state index is 0.221. The molecule has 2 N–H and O–H groups in total. The first-order chi connectivity index (χ1) is 9.28. The third kappa shape index (κ3) is 3.09. The van der Waals surface area contributed by atoms with E-state index in [2.05, 4.69) is 16.9 Å². The predicted molar refractivity (Wildman–Crippen MR) is 76.1 cm³/mol. The molecule has 0 amide bonds. The first-order valence-electron chi connectivity index (χ1n) is 6.46. The van der Waals surface area contributed by atoms with Crippen molar-refractivity contribution in [2.75, 3.05) is 13.7 Å². The molecule has 0 fully saturated rings. The van der Waals surface area contributed by atoms with Crippen LogP contribution in [0.3, 0.4) is 0 Å². The molecule has 1 aromatic carbocycles. The second-order valence-corrected chi connectivity index (χ2v) is 4.37. The lowest BCUT2D eigenvalue weighted by Gasteiger charge is -2.11. The van der Waals surface area contributed by atoms with Crippen LogP contribution in [0.5, 0.6) is 5.75 Å². The molecular weight excluding hydrogens is 238 g/mol. The van der Waals surface area contributed by atoms with Gasteiger partial charge in [-0.25, -0.2) is 9.97 Å². The summed E-state index contributed by atoms with van der Waals surface area (Å²) in [4.78, 5) is 8.93. The average Bonchev–Trinajstić information content (AvgIpc) is 2.49. The molecule has 0 spiro atoms. The molecule has 0 aliphatic heterocycles. The van der Waals surface area contributed by atoms with E-state index in [0.29, 0.717) is 6.54 Å². The van der Waals surface area contributed by atoms with E-state index in [1.165, 1.54) is 0 Å². The molecule has 4 nitrogen and oxygen atoms in total. The van der Waals surface area contributed by atoms with Crippen LogP contribution in [0.15, 0.2) is 36.5 Å².